The minimum atomic E-state index is -0.0377. The quantitative estimate of drug-likeness (QED) is 0.739. The van der Waals surface area contributed by atoms with Crippen LogP contribution in [0.25, 0.3) is 11.5 Å². The van der Waals surface area contributed by atoms with Gasteiger partial charge in [0.1, 0.15) is 18.0 Å². The van der Waals surface area contributed by atoms with Gasteiger partial charge in [0.05, 0.1) is 6.20 Å². The second-order valence-corrected chi connectivity index (χ2v) is 5.96. The molecule has 0 spiro atoms. The largest absolute Gasteiger partial charge is 0.443 e. The molecule has 0 N–H and O–H groups in total. The predicted molar refractivity (Wildman–Crippen MR) is 79.8 cm³/mol. The van der Waals surface area contributed by atoms with E-state index in [0.29, 0.717) is 12.4 Å². The molecule has 0 bridgehead atoms. The van der Waals surface area contributed by atoms with E-state index < -0.39 is 0 Å². The van der Waals surface area contributed by atoms with Crippen molar-refractivity contribution >= 4 is 0 Å². The van der Waals surface area contributed by atoms with E-state index in [-0.39, 0.29) is 5.41 Å². The highest BCUT2D eigenvalue weighted by atomic mass is 16.4. The summed E-state index contributed by atoms with van der Waals surface area (Å²) in [6, 6.07) is 5.78. The zero-order valence-corrected chi connectivity index (χ0v) is 12.4. The maximum Gasteiger partial charge on any atom is 0.214 e. The van der Waals surface area contributed by atoms with Crippen LogP contribution in [0.4, 0.5) is 0 Å². The van der Waals surface area contributed by atoms with Gasteiger partial charge in [0, 0.05) is 24.0 Å². The summed E-state index contributed by atoms with van der Waals surface area (Å²) in [5, 5.41) is 0. The maximum absolute atomic E-state index is 5.83. The van der Waals surface area contributed by atoms with Crippen LogP contribution in [0.5, 0.6) is 0 Å². The van der Waals surface area contributed by atoms with Crippen molar-refractivity contribution in [3.05, 3.63) is 54.6 Å². The Hall–Kier alpha value is -2.43. The van der Waals surface area contributed by atoms with Gasteiger partial charge in [-0.05, 0) is 12.1 Å². The van der Waals surface area contributed by atoms with E-state index in [2.05, 4.69) is 35.7 Å². The minimum Gasteiger partial charge on any atom is -0.443 e. The van der Waals surface area contributed by atoms with Crippen LogP contribution in [0.2, 0.25) is 0 Å². The highest BCUT2D eigenvalue weighted by Gasteiger charge is 2.19. The van der Waals surface area contributed by atoms with E-state index in [1.165, 1.54) is 0 Å². The molecule has 0 aliphatic heterocycles. The van der Waals surface area contributed by atoms with Crippen LogP contribution in [-0.4, -0.2) is 19.5 Å². The highest BCUT2D eigenvalue weighted by molar-refractivity contribution is 5.49. The molecule has 0 saturated carbocycles. The van der Waals surface area contributed by atoms with Gasteiger partial charge in [-0.15, -0.1) is 0 Å². The van der Waals surface area contributed by atoms with Crippen molar-refractivity contribution in [3.8, 4) is 11.5 Å². The zero-order chi connectivity index (χ0) is 14.9. The molecule has 0 saturated heterocycles. The molecule has 108 valence electrons. The second kappa shape index (κ2) is 5.16. The van der Waals surface area contributed by atoms with Gasteiger partial charge in [-0.2, -0.15) is 0 Å². The molecule has 0 aliphatic carbocycles. The summed E-state index contributed by atoms with van der Waals surface area (Å²) in [5.74, 6) is 2.37. The molecule has 5 nitrogen and oxygen atoms in total. The monoisotopic (exact) mass is 282 g/mol. The Morgan fingerprint density at radius 3 is 2.62 bits per heavy atom. The fourth-order valence-electron chi connectivity index (χ4n) is 2.04. The summed E-state index contributed by atoms with van der Waals surface area (Å²) in [7, 11) is 0. The lowest BCUT2D eigenvalue weighted by molar-refractivity contribution is 0.377. The molecule has 0 unspecified atom stereocenters. The topological polar surface area (TPSA) is 56.7 Å². The summed E-state index contributed by atoms with van der Waals surface area (Å²) in [5.41, 5.74) is 0.800. The van der Waals surface area contributed by atoms with E-state index in [9.17, 15) is 0 Å². The Morgan fingerprint density at radius 1 is 1.10 bits per heavy atom. The van der Waals surface area contributed by atoms with E-state index in [0.717, 1.165) is 17.3 Å². The molecule has 0 fully saturated rings. The van der Waals surface area contributed by atoms with Gasteiger partial charge in [0.15, 0.2) is 5.82 Å². The zero-order valence-electron chi connectivity index (χ0n) is 12.4. The summed E-state index contributed by atoms with van der Waals surface area (Å²) in [6.45, 7) is 6.86. The predicted octanol–water partition coefficient (Wildman–Crippen LogP) is 3.28. The summed E-state index contributed by atoms with van der Waals surface area (Å²) in [6.07, 6.45) is 7.23. The van der Waals surface area contributed by atoms with Gasteiger partial charge >= 0.3 is 0 Å². The van der Waals surface area contributed by atoms with Gasteiger partial charge < -0.3 is 8.98 Å². The lowest BCUT2D eigenvalue weighted by atomic mass is 9.94. The van der Waals surface area contributed by atoms with Crippen molar-refractivity contribution in [2.45, 2.75) is 32.7 Å². The Balaban J connectivity index is 1.87. The van der Waals surface area contributed by atoms with Crippen LogP contribution in [0, 0.1) is 0 Å². The van der Waals surface area contributed by atoms with Crippen LogP contribution >= 0.6 is 0 Å². The fraction of sp³-hybridized carbons (Fsp3) is 0.312. The van der Waals surface area contributed by atoms with Gasteiger partial charge in [0.2, 0.25) is 5.89 Å². The molecule has 0 aromatic carbocycles. The maximum atomic E-state index is 5.83. The molecule has 3 aromatic heterocycles. The minimum absolute atomic E-state index is 0.0377. The average molecular weight is 282 g/mol. The van der Waals surface area contributed by atoms with E-state index in [1.54, 1.807) is 18.6 Å². The average Bonchev–Trinajstić information content (AvgIpc) is 3.09. The first-order valence-electron chi connectivity index (χ1n) is 6.92. The third kappa shape index (κ3) is 2.86. The Labute approximate surface area is 123 Å². The van der Waals surface area contributed by atoms with Gasteiger partial charge in [0.25, 0.3) is 0 Å². The first-order valence-corrected chi connectivity index (χ1v) is 6.92. The lowest BCUT2D eigenvalue weighted by Gasteiger charge is -2.13. The number of hydrogen-bond acceptors (Lipinski definition) is 4. The first kappa shape index (κ1) is 13.5. The molecule has 0 amide bonds. The van der Waals surface area contributed by atoms with Crippen molar-refractivity contribution in [3.63, 3.8) is 0 Å². The molecule has 5 heteroatoms. The number of pyridine rings is 1. The summed E-state index contributed by atoms with van der Waals surface area (Å²) in [4.78, 5) is 13.1. The molecule has 3 rings (SSSR count). The third-order valence-electron chi connectivity index (χ3n) is 3.21. The van der Waals surface area contributed by atoms with E-state index in [1.807, 2.05) is 29.0 Å². The third-order valence-corrected chi connectivity index (χ3v) is 3.21. The van der Waals surface area contributed by atoms with Crippen molar-refractivity contribution in [1.29, 1.82) is 0 Å². The van der Waals surface area contributed by atoms with Crippen molar-refractivity contribution in [2.24, 2.45) is 0 Å². The highest BCUT2D eigenvalue weighted by Crippen LogP contribution is 2.23. The molecular weight excluding hydrogens is 264 g/mol. The molecule has 0 atom stereocenters. The standard InChI is InChI=1S/C16H18N4O/c1-16(2,3)13-10-19-14(21-13)11-20-9-8-18-15(20)12-6-4-5-7-17-12/h4-10H,11H2,1-3H3. The van der Waals surface area contributed by atoms with Crippen molar-refractivity contribution in [1.82, 2.24) is 19.5 Å². The van der Waals surface area contributed by atoms with Crippen LogP contribution in [0.15, 0.2) is 47.4 Å². The second-order valence-electron chi connectivity index (χ2n) is 5.96. The fourth-order valence-corrected chi connectivity index (χ4v) is 2.04. The molecule has 3 aromatic rings. The molecular formula is C16H18N4O. The van der Waals surface area contributed by atoms with Crippen molar-refractivity contribution in [2.75, 3.05) is 0 Å². The number of oxazole rings is 1. The van der Waals surface area contributed by atoms with Crippen LogP contribution in [-0.2, 0) is 12.0 Å². The molecule has 0 radical (unpaired) electrons. The lowest BCUT2D eigenvalue weighted by Crippen LogP contribution is -2.09. The summed E-state index contributed by atoms with van der Waals surface area (Å²) < 4.78 is 7.82. The van der Waals surface area contributed by atoms with E-state index in [4.69, 9.17) is 4.42 Å². The van der Waals surface area contributed by atoms with Crippen LogP contribution < -0.4 is 0 Å². The molecule has 3 heterocycles. The molecule has 21 heavy (non-hydrogen) atoms. The summed E-state index contributed by atoms with van der Waals surface area (Å²) >= 11 is 0. The van der Waals surface area contributed by atoms with Gasteiger partial charge in [-0.25, -0.2) is 9.97 Å². The Morgan fingerprint density at radius 2 is 1.95 bits per heavy atom. The first-order chi connectivity index (χ1) is 10.0. The number of rotatable bonds is 3. The van der Waals surface area contributed by atoms with Gasteiger partial charge in [-0.1, -0.05) is 26.8 Å². The molecule has 0 aliphatic rings. The Bertz CT molecular complexity index is 722. The number of aromatic nitrogens is 4. The number of imidazole rings is 1. The smallest absolute Gasteiger partial charge is 0.214 e. The van der Waals surface area contributed by atoms with Crippen LogP contribution in [0.1, 0.15) is 32.4 Å². The number of nitrogens with zero attached hydrogens (tertiary/aromatic N) is 4. The number of hydrogen-bond donors (Lipinski definition) is 0. The van der Waals surface area contributed by atoms with Crippen molar-refractivity contribution < 1.29 is 4.42 Å². The SMILES string of the molecule is CC(C)(C)c1cnc(Cn2ccnc2-c2ccccn2)o1. The normalized spacial score (nSPS) is 11.8. The Kier molecular flexibility index (Phi) is 3.33. The van der Waals surface area contributed by atoms with Crippen LogP contribution in [0.3, 0.4) is 0 Å². The van der Waals surface area contributed by atoms with E-state index >= 15 is 0 Å². The van der Waals surface area contributed by atoms with Gasteiger partial charge in [-0.3, -0.25) is 4.98 Å².